The molecule has 0 heterocycles. The van der Waals surface area contributed by atoms with Crippen molar-refractivity contribution in [3.8, 4) is 0 Å². The van der Waals surface area contributed by atoms with Gasteiger partial charge in [-0.3, -0.25) is 9.59 Å². The van der Waals surface area contributed by atoms with Crippen molar-refractivity contribution in [2.24, 2.45) is 0 Å². The first kappa shape index (κ1) is 16.7. The van der Waals surface area contributed by atoms with Gasteiger partial charge in [0, 0.05) is 28.2 Å². The molecule has 0 aromatic heterocycles. The summed E-state index contributed by atoms with van der Waals surface area (Å²) in [7, 11) is 0. The van der Waals surface area contributed by atoms with Crippen molar-refractivity contribution in [1.29, 1.82) is 0 Å². The highest BCUT2D eigenvalue weighted by molar-refractivity contribution is 5.83. The van der Waals surface area contributed by atoms with Gasteiger partial charge in [-0.15, -0.1) is 0 Å². The molecule has 3 heteroatoms. The molecule has 3 aromatic rings. The third-order valence-electron chi connectivity index (χ3n) is 4.17. The van der Waals surface area contributed by atoms with E-state index in [1.165, 1.54) is 5.56 Å². The first-order valence-corrected chi connectivity index (χ1v) is 8.10. The van der Waals surface area contributed by atoms with Crippen LogP contribution in [0.15, 0.2) is 66.7 Å². The van der Waals surface area contributed by atoms with E-state index in [9.17, 15) is 9.59 Å². The lowest BCUT2D eigenvalue weighted by Gasteiger charge is -2.27. The summed E-state index contributed by atoms with van der Waals surface area (Å²) in [5.74, 6) is 0. The summed E-state index contributed by atoms with van der Waals surface area (Å²) in [6.07, 6.45) is 1.67. The normalized spacial score (nSPS) is 10.3. The maximum Gasteiger partial charge on any atom is 0.150 e. The second-order valence-corrected chi connectivity index (χ2v) is 6.04. The van der Waals surface area contributed by atoms with E-state index >= 15 is 0 Å². The molecular formula is C22H19NO2. The van der Waals surface area contributed by atoms with Crippen molar-refractivity contribution in [1.82, 2.24) is 0 Å². The lowest BCUT2D eigenvalue weighted by molar-refractivity contribution is 0.111. The van der Waals surface area contributed by atoms with Crippen molar-refractivity contribution < 1.29 is 9.59 Å². The summed E-state index contributed by atoms with van der Waals surface area (Å²) < 4.78 is 0. The summed E-state index contributed by atoms with van der Waals surface area (Å²) in [5.41, 5.74) is 6.60. The Morgan fingerprint density at radius 3 is 1.56 bits per heavy atom. The van der Waals surface area contributed by atoms with Gasteiger partial charge < -0.3 is 4.90 Å². The van der Waals surface area contributed by atoms with E-state index in [0.29, 0.717) is 11.1 Å². The van der Waals surface area contributed by atoms with Crippen LogP contribution >= 0.6 is 0 Å². The molecule has 0 amide bonds. The Morgan fingerprint density at radius 1 is 0.680 bits per heavy atom. The molecule has 0 aliphatic heterocycles. The van der Waals surface area contributed by atoms with Gasteiger partial charge >= 0.3 is 0 Å². The van der Waals surface area contributed by atoms with Gasteiger partial charge in [0.2, 0.25) is 0 Å². The van der Waals surface area contributed by atoms with E-state index in [4.69, 9.17) is 0 Å². The minimum atomic E-state index is 0.639. The topological polar surface area (TPSA) is 37.4 Å². The molecule has 0 aliphatic rings. The lowest BCUT2D eigenvalue weighted by atomic mass is 10.1. The van der Waals surface area contributed by atoms with E-state index in [1.807, 2.05) is 24.3 Å². The minimum Gasteiger partial charge on any atom is -0.310 e. The third-order valence-corrected chi connectivity index (χ3v) is 4.17. The summed E-state index contributed by atoms with van der Waals surface area (Å²) in [5, 5.41) is 0. The Labute approximate surface area is 147 Å². The first-order chi connectivity index (χ1) is 12.1. The molecule has 25 heavy (non-hydrogen) atoms. The van der Waals surface area contributed by atoms with Gasteiger partial charge in [-0.05, 0) is 74.0 Å². The molecule has 0 saturated heterocycles. The van der Waals surface area contributed by atoms with Crippen LogP contribution in [0.5, 0.6) is 0 Å². The van der Waals surface area contributed by atoms with Gasteiger partial charge in [0.15, 0.2) is 0 Å². The minimum absolute atomic E-state index is 0.639. The molecule has 0 atom stereocenters. The molecular weight excluding hydrogens is 310 g/mol. The molecule has 0 N–H and O–H groups in total. The van der Waals surface area contributed by atoms with Crippen molar-refractivity contribution in [3.05, 3.63) is 89.0 Å². The van der Waals surface area contributed by atoms with Crippen molar-refractivity contribution in [3.63, 3.8) is 0 Å². The number of hydrogen-bond donors (Lipinski definition) is 0. The van der Waals surface area contributed by atoms with Crippen LogP contribution < -0.4 is 4.90 Å². The fourth-order valence-corrected chi connectivity index (χ4v) is 2.89. The Kier molecular flexibility index (Phi) is 4.75. The fourth-order valence-electron chi connectivity index (χ4n) is 2.89. The van der Waals surface area contributed by atoms with E-state index in [1.54, 1.807) is 24.3 Å². The van der Waals surface area contributed by atoms with Gasteiger partial charge in [-0.2, -0.15) is 0 Å². The van der Waals surface area contributed by atoms with Crippen LogP contribution in [0.1, 0.15) is 31.8 Å². The first-order valence-electron chi connectivity index (χ1n) is 8.10. The number of rotatable bonds is 5. The molecule has 0 fully saturated rings. The van der Waals surface area contributed by atoms with Crippen molar-refractivity contribution >= 4 is 29.6 Å². The van der Waals surface area contributed by atoms with Gasteiger partial charge in [0.1, 0.15) is 12.6 Å². The quantitative estimate of drug-likeness (QED) is 0.588. The van der Waals surface area contributed by atoms with E-state index in [-0.39, 0.29) is 0 Å². The second-order valence-electron chi connectivity index (χ2n) is 6.04. The molecule has 0 unspecified atom stereocenters. The molecule has 0 radical (unpaired) electrons. The van der Waals surface area contributed by atoms with Crippen LogP contribution in [-0.2, 0) is 0 Å². The number of hydrogen-bond acceptors (Lipinski definition) is 3. The fraction of sp³-hybridized carbons (Fsp3) is 0.0909. The Hall–Kier alpha value is -3.20. The van der Waals surface area contributed by atoms with Crippen LogP contribution in [0.2, 0.25) is 0 Å². The maximum atomic E-state index is 10.9. The largest absolute Gasteiger partial charge is 0.310 e. The maximum absolute atomic E-state index is 10.9. The van der Waals surface area contributed by atoms with E-state index in [2.05, 4.69) is 36.9 Å². The highest BCUT2D eigenvalue weighted by atomic mass is 16.1. The average Bonchev–Trinajstić information content (AvgIpc) is 2.65. The number of nitrogens with zero attached hydrogens (tertiary/aromatic N) is 1. The number of aldehydes is 2. The zero-order chi connectivity index (χ0) is 17.8. The highest BCUT2D eigenvalue weighted by Gasteiger charge is 2.14. The number of aryl methyl sites for hydroxylation is 2. The Morgan fingerprint density at radius 2 is 1.16 bits per heavy atom. The molecule has 0 saturated carbocycles. The smallest absolute Gasteiger partial charge is 0.150 e. The lowest BCUT2D eigenvalue weighted by Crippen LogP contribution is -2.11. The molecule has 3 nitrogen and oxygen atoms in total. The predicted octanol–water partition coefficient (Wildman–Crippen LogP) is 5.40. The zero-order valence-electron chi connectivity index (χ0n) is 14.3. The monoisotopic (exact) mass is 329 g/mol. The summed E-state index contributed by atoms with van der Waals surface area (Å²) in [6, 6.07) is 21.2. The number of benzene rings is 3. The van der Waals surface area contributed by atoms with Gasteiger partial charge in [0.05, 0.1) is 0 Å². The van der Waals surface area contributed by atoms with E-state index < -0.39 is 0 Å². The molecule has 0 bridgehead atoms. The predicted molar refractivity (Wildman–Crippen MR) is 101 cm³/mol. The highest BCUT2D eigenvalue weighted by Crippen LogP contribution is 2.36. The standard InChI is InChI=1S/C22H19NO2/c1-16-3-12-22(17(2)13-16)23(20-8-4-18(14-24)5-9-20)21-10-6-19(15-25)7-11-21/h3-15H,1-2H3. The second kappa shape index (κ2) is 7.14. The molecule has 3 rings (SSSR count). The van der Waals surface area contributed by atoms with Gasteiger partial charge in [-0.1, -0.05) is 17.7 Å². The third kappa shape index (κ3) is 3.50. The van der Waals surface area contributed by atoms with Gasteiger partial charge in [-0.25, -0.2) is 0 Å². The van der Waals surface area contributed by atoms with Crippen LogP contribution in [0.3, 0.4) is 0 Å². The number of carbonyl (C=O) groups excluding carboxylic acids is 2. The van der Waals surface area contributed by atoms with Crippen LogP contribution in [0.4, 0.5) is 17.1 Å². The van der Waals surface area contributed by atoms with Crippen LogP contribution in [0, 0.1) is 13.8 Å². The molecule has 3 aromatic carbocycles. The SMILES string of the molecule is Cc1ccc(N(c2ccc(C=O)cc2)c2ccc(C=O)cc2)c(C)c1. The summed E-state index contributed by atoms with van der Waals surface area (Å²) in [4.78, 5) is 24.0. The number of anilines is 3. The average molecular weight is 329 g/mol. The Balaban J connectivity index is 2.15. The van der Waals surface area contributed by atoms with Crippen molar-refractivity contribution in [2.75, 3.05) is 4.90 Å². The summed E-state index contributed by atoms with van der Waals surface area (Å²) >= 11 is 0. The van der Waals surface area contributed by atoms with Gasteiger partial charge in [0.25, 0.3) is 0 Å². The van der Waals surface area contributed by atoms with E-state index in [0.717, 1.165) is 35.2 Å². The van der Waals surface area contributed by atoms with Crippen LogP contribution in [-0.4, -0.2) is 12.6 Å². The van der Waals surface area contributed by atoms with Crippen molar-refractivity contribution in [2.45, 2.75) is 13.8 Å². The zero-order valence-corrected chi connectivity index (χ0v) is 14.3. The number of carbonyl (C=O) groups is 2. The molecule has 124 valence electrons. The summed E-state index contributed by atoms with van der Waals surface area (Å²) in [6.45, 7) is 4.15. The Bertz CT molecular complexity index is 845. The molecule has 0 spiro atoms. The molecule has 0 aliphatic carbocycles. The van der Waals surface area contributed by atoms with Crippen LogP contribution in [0.25, 0.3) is 0 Å².